The van der Waals surface area contributed by atoms with Crippen LogP contribution in [0.2, 0.25) is 0 Å². The van der Waals surface area contributed by atoms with Crippen molar-refractivity contribution < 1.29 is 19.4 Å². The molecular formula is C34H66O4. The van der Waals surface area contributed by atoms with Gasteiger partial charge in [0.15, 0.2) is 0 Å². The third-order valence-corrected chi connectivity index (χ3v) is 7.19. The normalized spacial score (nSPS) is 10.6. The highest BCUT2D eigenvalue weighted by Gasteiger charge is 2.00. The Balaban J connectivity index is 0. The molecule has 0 aliphatic rings. The Labute approximate surface area is 237 Å². The van der Waals surface area contributed by atoms with Crippen molar-refractivity contribution in [3.05, 3.63) is 12.8 Å². The topological polar surface area (TPSA) is 63.6 Å². The molecule has 0 bridgehead atoms. The van der Waals surface area contributed by atoms with Crippen LogP contribution in [0.5, 0.6) is 0 Å². The van der Waals surface area contributed by atoms with Crippen molar-refractivity contribution in [3.63, 3.8) is 0 Å². The van der Waals surface area contributed by atoms with Gasteiger partial charge >= 0.3 is 11.9 Å². The number of rotatable bonds is 29. The van der Waals surface area contributed by atoms with Gasteiger partial charge in [-0.15, -0.1) is 0 Å². The van der Waals surface area contributed by atoms with E-state index in [1.54, 1.807) is 0 Å². The third-order valence-electron chi connectivity index (χ3n) is 7.19. The number of hydrogen-bond donors (Lipinski definition) is 1. The molecular weight excluding hydrogens is 472 g/mol. The van der Waals surface area contributed by atoms with E-state index in [0.717, 1.165) is 25.7 Å². The molecule has 0 saturated carbocycles. The van der Waals surface area contributed by atoms with E-state index in [9.17, 15) is 9.59 Å². The van der Waals surface area contributed by atoms with Crippen LogP contribution in [0.15, 0.2) is 12.8 Å². The number of carbonyl (C=O) groups is 2. The lowest BCUT2D eigenvalue weighted by Crippen LogP contribution is -1.98. The predicted molar refractivity (Wildman–Crippen MR) is 165 cm³/mol. The van der Waals surface area contributed by atoms with Gasteiger partial charge in [0, 0.05) is 12.8 Å². The molecule has 0 aromatic rings. The molecule has 0 aromatic heterocycles. The highest BCUT2D eigenvalue weighted by molar-refractivity contribution is 5.69. The summed E-state index contributed by atoms with van der Waals surface area (Å²) in [7, 11) is 0. The van der Waals surface area contributed by atoms with Gasteiger partial charge in [0.25, 0.3) is 0 Å². The van der Waals surface area contributed by atoms with Gasteiger partial charge in [-0.05, 0) is 12.8 Å². The first-order valence-corrected chi connectivity index (χ1v) is 16.6. The van der Waals surface area contributed by atoms with Gasteiger partial charge in [0.1, 0.15) is 0 Å². The fraction of sp³-hybridized carbons (Fsp3) is 0.882. The molecule has 0 amide bonds. The molecule has 0 rings (SSSR count). The van der Waals surface area contributed by atoms with Crippen LogP contribution < -0.4 is 0 Å². The average molecular weight is 539 g/mol. The van der Waals surface area contributed by atoms with Crippen LogP contribution in [-0.2, 0) is 14.3 Å². The molecule has 0 heterocycles. The average Bonchev–Trinajstić information content (AvgIpc) is 2.90. The van der Waals surface area contributed by atoms with E-state index in [1.165, 1.54) is 148 Å². The standard InChI is InChI=1S/C18H34O2.C16H32O2/c1-3-5-6-7-8-9-10-11-12-13-14-15-16-17-18(19)20-4-2;1-2-3-4-5-6-7-8-9-10-11-12-13-14-15-16(17)18/h4H,2-3,5-17H2,1H3;2-15H2,1H3,(H,17,18). The van der Waals surface area contributed by atoms with Crippen molar-refractivity contribution in [1.29, 1.82) is 0 Å². The Kier molecular flexibility index (Phi) is 36.5. The van der Waals surface area contributed by atoms with Crippen LogP contribution in [-0.4, -0.2) is 17.0 Å². The molecule has 1 N–H and O–H groups in total. The summed E-state index contributed by atoms with van der Waals surface area (Å²) >= 11 is 0. The van der Waals surface area contributed by atoms with E-state index in [0.29, 0.717) is 12.8 Å². The maximum Gasteiger partial charge on any atom is 0.310 e. The zero-order valence-corrected chi connectivity index (χ0v) is 25.8. The van der Waals surface area contributed by atoms with Crippen LogP contribution in [0.3, 0.4) is 0 Å². The Bertz CT molecular complexity index is 489. The van der Waals surface area contributed by atoms with Crippen LogP contribution in [0.25, 0.3) is 0 Å². The van der Waals surface area contributed by atoms with Crippen molar-refractivity contribution in [3.8, 4) is 0 Å². The molecule has 0 saturated heterocycles. The molecule has 0 aliphatic heterocycles. The highest BCUT2D eigenvalue weighted by Crippen LogP contribution is 2.14. The van der Waals surface area contributed by atoms with Crippen molar-refractivity contribution in [2.45, 2.75) is 194 Å². The Morgan fingerprint density at radius 2 is 0.763 bits per heavy atom. The maximum atomic E-state index is 11.1. The van der Waals surface area contributed by atoms with Gasteiger partial charge in [-0.2, -0.15) is 0 Å². The zero-order chi connectivity index (χ0) is 28.4. The summed E-state index contributed by atoms with van der Waals surface area (Å²) in [5.74, 6) is -0.804. The second-order valence-corrected chi connectivity index (χ2v) is 11.0. The van der Waals surface area contributed by atoms with Gasteiger partial charge in [-0.25, -0.2) is 0 Å². The van der Waals surface area contributed by atoms with Crippen molar-refractivity contribution in [2.75, 3.05) is 0 Å². The largest absolute Gasteiger partial charge is 0.481 e. The summed E-state index contributed by atoms with van der Waals surface area (Å²) in [6.45, 7) is 7.90. The Morgan fingerprint density at radius 1 is 0.500 bits per heavy atom. The SMILES string of the molecule is C=COC(=O)CCCCCCCCCCCCCCC.CCCCCCCCCCCCCCCC(=O)O. The molecule has 38 heavy (non-hydrogen) atoms. The summed E-state index contributed by atoms with van der Waals surface area (Å²) < 4.78 is 4.67. The first-order chi connectivity index (χ1) is 18.6. The van der Waals surface area contributed by atoms with E-state index in [-0.39, 0.29) is 5.97 Å². The lowest BCUT2D eigenvalue weighted by molar-refractivity contribution is -0.138. The number of ether oxygens (including phenoxy) is 1. The first-order valence-electron chi connectivity index (χ1n) is 16.6. The fourth-order valence-electron chi connectivity index (χ4n) is 4.73. The number of carboxylic acids is 1. The molecule has 0 fully saturated rings. The quantitative estimate of drug-likeness (QED) is 0.0584. The molecule has 0 aliphatic carbocycles. The van der Waals surface area contributed by atoms with Gasteiger partial charge < -0.3 is 9.84 Å². The summed E-state index contributed by atoms with van der Waals surface area (Å²) in [6, 6.07) is 0. The number of carbonyl (C=O) groups excluding carboxylic acids is 1. The molecule has 0 radical (unpaired) electrons. The Morgan fingerprint density at radius 3 is 1.03 bits per heavy atom. The summed E-state index contributed by atoms with van der Waals surface area (Å²) in [4.78, 5) is 21.4. The van der Waals surface area contributed by atoms with Crippen molar-refractivity contribution in [2.24, 2.45) is 0 Å². The minimum atomic E-state index is -0.655. The Hall–Kier alpha value is -1.32. The van der Waals surface area contributed by atoms with Gasteiger partial charge in [-0.1, -0.05) is 175 Å². The van der Waals surface area contributed by atoms with Crippen LogP contribution in [0, 0.1) is 0 Å². The number of unbranched alkanes of at least 4 members (excludes halogenated alkanes) is 24. The number of esters is 1. The van der Waals surface area contributed by atoms with E-state index in [1.807, 2.05) is 0 Å². The fourth-order valence-corrected chi connectivity index (χ4v) is 4.73. The zero-order valence-electron chi connectivity index (χ0n) is 25.8. The number of hydrogen-bond acceptors (Lipinski definition) is 3. The van der Waals surface area contributed by atoms with Crippen LogP contribution in [0.1, 0.15) is 194 Å². The smallest absolute Gasteiger partial charge is 0.310 e. The summed E-state index contributed by atoms with van der Waals surface area (Å²) in [5.41, 5.74) is 0. The second kappa shape index (κ2) is 35.7. The first kappa shape index (κ1) is 38.8. The minimum absolute atomic E-state index is 0.150. The molecule has 4 heteroatoms. The summed E-state index contributed by atoms with van der Waals surface area (Å²) in [5, 5.41) is 8.49. The molecule has 0 spiro atoms. The van der Waals surface area contributed by atoms with Crippen molar-refractivity contribution in [1.82, 2.24) is 0 Å². The molecule has 0 unspecified atom stereocenters. The van der Waals surface area contributed by atoms with Gasteiger partial charge in [0.05, 0.1) is 6.26 Å². The van der Waals surface area contributed by atoms with Gasteiger partial charge in [0.2, 0.25) is 0 Å². The van der Waals surface area contributed by atoms with E-state index in [4.69, 9.17) is 5.11 Å². The van der Waals surface area contributed by atoms with E-state index < -0.39 is 5.97 Å². The molecule has 0 atom stereocenters. The predicted octanol–water partition coefficient (Wildman–Crippen LogP) is 11.7. The maximum absolute atomic E-state index is 11.1. The summed E-state index contributed by atoms with van der Waals surface area (Å²) in [6.07, 6.45) is 36.2. The lowest BCUT2D eigenvalue weighted by atomic mass is 10.0. The molecule has 4 nitrogen and oxygen atoms in total. The van der Waals surface area contributed by atoms with E-state index in [2.05, 4.69) is 25.2 Å². The highest BCUT2D eigenvalue weighted by atomic mass is 16.5. The van der Waals surface area contributed by atoms with E-state index >= 15 is 0 Å². The molecule has 226 valence electrons. The number of carboxylic acid groups (broad SMARTS) is 1. The van der Waals surface area contributed by atoms with Crippen molar-refractivity contribution >= 4 is 11.9 Å². The van der Waals surface area contributed by atoms with Crippen LogP contribution in [0.4, 0.5) is 0 Å². The molecule has 0 aromatic carbocycles. The number of aliphatic carboxylic acids is 1. The second-order valence-electron chi connectivity index (χ2n) is 11.0. The lowest BCUT2D eigenvalue weighted by Gasteiger charge is -2.03. The van der Waals surface area contributed by atoms with Gasteiger partial charge in [-0.3, -0.25) is 9.59 Å². The van der Waals surface area contributed by atoms with Crippen LogP contribution >= 0.6 is 0 Å². The monoisotopic (exact) mass is 538 g/mol. The minimum Gasteiger partial charge on any atom is -0.481 e. The third kappa shape index (κ3) is 39.2.